The summed E-state index contributed by atoms with van der Waals surface area (Å²) in [5.74, 6) is -0.988. The Morgan fingerprint density at radius 3 is 2.52 bits per heavy atom. The molecule has 1 aromatic heterocycles. The van der Waals surface area contributed by atoms with E-state index in [-0.39, 0.29) is 12.0 Å². The number of carboxylic acids is 1. The van der Waals surface area contributed by atoms with Crippen molar-refractivity contribution in [3.63, 3.8) is 0 Å². The summed E-state index contributed by atoms with van der Waals surface area (Å²) in [5.41, 5.74) is 2.94. The molecule has 1 N–H and O–H groups in total. The first-order valence-corrected chi connectivity index (χ1v) is 9.05. The topological polar surface area (TPSA) is 53.4 Å². The maximum Gasteiger partial charge on any atom is 0.306 e. The van der Waals surface area contributed by atoms with Crippen LogP contribution in [0.5, 0.6) is 0 Å². The van der Waals surface area contributed by atoms with Crippen molar-refractivity contribution < 1.29 is 9.90 Å². The van der Waals surface area contributed by atoms with Gasteiger partial charge in [0, 0.05) is 16.2 Å². The molecule has 0 spiro atoms. The summed E-state index contributed by atoms with van der Waals surface area (Å²) in [7, 11) is 0. The highest BCUT2D eigenvalue weighted by Gasteiger charge is 2.31. The van der Waals surface area contributed by atoms with Gasteiger partial charge < -0.3 is 5.11 Å². The summed E-state index contributed by atoms with van der Waals surface area (Å²) in [6, 6.07) is 9.43. The van der Waals surface area contributed by atoms with Crippen LogP contribution in [0.4, 0.5) is 0 Å². The van der Waals surface area contributed by atoms with Gasteiger partial charge in [-0.05, 0) is 62.2 Å². The van der Waals surface area contributed by atoms with Gasteiger partial charge in [0.2, 0.25) is 0 Å². The molecule has 0 saturated carbocycles. The number of hydrogen-bond acceptors (Lipinski definition) is 3. The van der Waals surface area contributed by atoms with Crippen molar-refractivity contribution >= 4 is 29.2 Å². The molecule has 25 heavy (non-hydrogen) atoms. The molecular formula is C19H20Cl2N2O2. The number of pyridine rings is 1. The van der Waals surface area contributed by atoms with Gasteiger partial charge in [0.1, 0.15) is 0 Å². The fourth-order valence-corrected chi connectivity index (χ4v) is 3.82. The van der Waals surface area contributed by atoms with Crippen molar-refractivity contribution in [2.45, 2.75) is 25.8 Å². The summed E-state index contributed by atoms with van der Waals surface area (Å²) in [5, 5.41) is 10.4. The number of piperidine rings is 1. The van der Waals surface area contributed by atoms with Crippen LogP contribution in [-0.4, -0.2) is 34.0 Å². The second-order valence-electron chi connectivity index (χ2n) is 6.48. The molecule has 0 amide bonds. The van der Waals surface area contributed by atoms with Gasteiger partial charge >= 0.3 is 5.97 Å². The molecule has 0 bridgehead atoms. The molecule has 2 heterocycles. The van der Waals surface area contributed by atoms with E-state index >= 15 is 0 Å². The number of benzene rings is 1. The number of carboxylic acid groups (broad SMARTS) is 1. The van der Waals surface area contributed by atoms with Crippen molar-refractivity contribution in [2.75, 3.05) is 13.1 Å². The van der Waals surface area contributed by atoms with E-state index in [1.54, 1.807) is 6.07 Å². The fourth-order valence-electron chi connectivity index (χ4n) is 3.31. The summed E-state index contributed by atoms with van der Waals surface area (Å²) >= 11 is 12.5. The number of aromatic nitrogens is 1. The van der Waals surface area contributed by atoms with Crippen LogP contribution in [-0.2, 0) is 4.79 Å². The maximum atomic E-state index is 11.2. The Labute approximate surface area is 157 Å². The van der Waals surface area contributed by atoms with Crippen LogP contribution in [0.25, 0.3) is 0 Å². The third-order valence-electron chi connectivity index (χ3n) is 4.72. The minimum atomic E-state index is -0.714. The molecule has 0 unspecified atom stereocenters. The molecule has 0 radical (unpaired) electrons. The number of halogens is 2. The normalized spacial score (nSPS) is 17.4. The number of hydrogen-bond donors (Lipinski definition) is 1. The zero-order valence-electron chi connectivity index (χ0n) is 14.0. The van der Waals surface area contributed by atoms with Crippen LogP contribution < -0.4 is 0 Å². The third-order valence-corrected chi connectivity index (χ3v) is 5.28. The molecule has 1 fully saturated rings. The number of aliphatic carboxylic acids is 1. The highest BCUT2D eigenvalue weighted by molar-refractivity contribution is 6.35. The average molecular weight is 379 g/mol. The van der Waals surface area contributed by atoms with Crippen LogP contribution in [0.1, 0.15) is 35.7 Å². The molecule has 3 rings (SSSR count). The van der Waals surface area contributed by atoms with Crippen molar-refractivity contribution in [3.05, 3.63) is 63.4 Å². The predicted molar refractivity (Wildman–Crippen MR) is 99.2 cm³/mol. The molecule has 6 heteroatoms. The largest absolute Gasteiger partial charge is 0.481 e. The van der Waals surface area contributed by atoms with E-state index in [1.165, 1.54) is 0 Å². The SMILES string of the molecule is Cc1ccc([C@@H](c2ccc(Cl)cc2Cl)N2CCC(C(=O)O)CC2)nc1. The van der Waals surface area contributed by atoms with E-state index in [4.69, 9.17) is 23.2 Å². The summed E-state index contributed by atoms with van der Waals surface area (Å²) in [4.78, 5) is 18.1. The molecule has 1 aliphatic rings. The van der Waals surface area contributed by atoms with Crippen molar-refractivity contribution in [1.82, 2.24) is 9.88 Å². The Hall–Kier alpha value is -1.62. The Balaban J connectivity index is 1.95. The van der Waals surface area contributed by atoms with E-state index in [1.807, 2.05) is 37.4 Å². The minimum Gasteiger partial charge on any atom is -0.481 e. The first kappa shape index (κ1) is 18.2. The lowest BCUT2D eigenvalue weighted by molar-refractivity contribution is -0.143. The maximum absolute atomic E-state index is 11.2. The summed E-state index contributed by atoms with van der Waals surface area (Å²) in [6.45, 7) is 3.38. The van der Waals surface area contributed by atoms with Crippen LogP contribution in [0.15, 0.2) is 36.5 Å². The molecule has 0 aliphatic carbocycles. The average Bonchev–Trinajstić information content (AvgIpc) is 2.59. The number of likely N-dealkylation sites (tertiary alicyclic amines) is 1. The predicted octanol–water partition coefficient (Wildman–Crippen LogP) is 4.58. The van der Waals surface area contributed by atoms with E-state index in [0.717, 1.165) is 16.8 Å². The van der Waals surface area contributed by atoms with Crippen molar-refractivity contribution in [1.29, 1.82) is 0 Å². The lowest BCUT2D eigenvalue weighted by Gasteiger charge is -2.36. The molecule has 4 nitrogen and oxygen atoms in total. The first-order valence-electron chi connectivity index (χ1n) is 8.30. The van der Waals surface area contributed by atoms with Gasteiger partial charge in [-0.25, -0.2) is 0 Å². The van der Waals surface area contributed by atoms with Crippen molar-refractivity contribution in [2.24, 2.45) is 5.92 Å². The lowest BCUT2D eigenvalue weighted by atomic mass is 9.93. The molecule has 1 saturated heterocycles. The molecular weight excluding hydrogens is 359 g/mol. The Kier molecular flexibility index (Phi) is 5.62. The second-order valence-corrected chi connectivity index (χ2v) is 7.32. The lowest BCUT2D eigenvalue weighted by Crippen LogP contribution is -2.39. The number of rotatable bonds is 4. The van der Waals surface area contributed by atoms with Gasteiger partial charge in [0.25, 0.3) is 0 Å². The Bertz CT molecular complexity index is 757. The molecule has 2 aromatic rings. The number of nitrogens with zero attached hydrogens (tertiary/aromatic N) is 2. The molecule has 132 valence electrons. The monoisotopic (exact) mass is 378 g/mol. The standard InChI is InChI=1S/C19H20Cl2N2O2/c1-12-2-5-17(22-11-12)18(15-4-3-14(20)10-16(15)21)23-8-6-13(7-9-23)19(24)25/h2-5,10-11,13,18H,6-9H2,1H3,(H,24,25)/t18-/m1/s1. The zero-order chi connectivity index (χ0) is 18.0. The van der Waals surface area contributed by atoms with Gasteiger partial charge in [0.05, 0.1) is 17.7 Å². The minimum absolute atomic E-state index is 0.111. The van der Waals surface area contributed by atoms with E-state index in [2.05, 4.69) is 9.88 Å². The molecule has 1 aliphatic heterocycles. The van der Waals surface area contributed by atoms with Gasteiger partial charge in [-0.2, -0.15) is 0 Å². The van der Waals surface area contributed by atoms with Crippen molar-refractivity contribution in [3.8, 4) is 0 Å². The first-order chi connectivity index (χ1) is 12.0. The van der Waals surface area contributed by atoms with E-state index in [9.17, 15) is 9.90 Å². The van der Waals surface area contributed by atoms with Gasteiger partial charge in [0.15, 0.2) is 0 Å². The van der Waals surface area contributed by atoms with Crippen LogP contribution in [0.3, 0.4) is 0 Å². The number of aryl methyl sites for hydroxylation is 1. The highest BCUT2D eigenvalue weighted by atomic mass is 35.5. The van der Waals surface area contributed by atoms with Gasteiger partial charge in [-0.15, -0.1) is 0 Å². The van der Waals surface area contributed by atoms with Crippen LogP contribution in [0, 0.1) is 12.8 Å². The fraction of sp³-hybridized carbons (Fsp3) is 0.368. The zero-order valence-corrected chi connectivity index (χ0v) is 15.5. The van der Waals surface area contributed by atoms with Gasteiger partial charge in [-0.1, -0.05) is 35.3 Å². The van der Waals surface area contributed by atoms with Gasteiger partial charge in [-0.3, -0.25) is 14.7 Å². The van der Waals surface area contributed by atoms with Crippen LogP contribution >= 0.6 is 23.2 Å². The smallest absolute Gasteiger partial charge is 0.306 e. The van der Waals surface area contributed by atoms with E-state index < -0.39 is 5.97 Å². The Morgan fingerprint density at radius 1 is 1.24 bits per heavy atom. The molecule has 1 aromatic carbocycles. The highest BCUT2D eigenvalue weighted by Crippen LogP contribution is 2.36. The summed E-state index contributed by atoms with van der Waals surface area (Å²) < 4.78 is 0. The second kappa shape index (κ2) is 7.73. The number of carbonyl (C=O) groups is 1. The Morgan fingerprint density at radius 2 is 1.96 bits per heavy atom. The molecule has 1 atom stereocenters. The third kappa shape index (κ3) is 4.14. The van der Waals surface area contributed by atoms with E-state index in [0.29, 0.717) is 36.0 Å². The summed E-state index contributed by atoms with van der Waals surface area (Å²) in [6.07, 6.45) is 3.10. The quantitative estimate of drug-likeness (QED) is 0.845. The van der Waals surface area contributed by atoms with Crippen LogP contribution in [0.2, 0.25) is 10.0 Å².